The standard InChI is InChI=1S/C11H14F2N2O3/c1-2-18-9(17)4-6-3-8(16)10(11(12)13)15-7(6)5-14/h3,11,16H,2,4-5,14H2,1H3. The number of hydrogen-bond acceptors (Lipinski definition) is 5. The molecule has 7 heteroatoms. The second kappa shape index (κ2) is 6.25. The average Bonchev–Trinajstić information content (AvgIpc) is 2.29. The predicted octanol–water partition coefficient (Wildman–Crippen LogP) is 1.29. The van der Waals surface area contributed by atoms with Crippen LogP contribution in [0.5, 0.6) is 5.75 Å². The fourth-order valence-corrected chi connectivity index (χ4v) is 1.45. The summed E-state index contributed by atoms with van der Waals surface area (Å²) in [5.74, 6) is -1.18. The van der Waals surface area contributed by atoms with E-state index in [1.165, 1.54) is 0 Å². The van der Waals surface area contributed by atoms with E-state index in [9.17, 15) is 18.7 Å². The van der Waals surface area contributed by atoms with Crippen LogP contribution in [0.4, 0.5) is 8.78 Å². The first kappa shape index (κ1) is 14.3. The van der Waals surface area contributed by atoms with Crippen molar-refractivity contribution in [1.29, 1.82) is 0 Å². The Morgan fingerprint density at radius 1 is 1.61 bits per heavy atom. The fraction of sp³-hybridized carbons (Fsp3) is 0.455. The van der Waals surface area contributed by atoms with Crippen LogP contribution < -0.4 is 5.73 Å². The Bertz CT molecular complexity index is 439. The van der Waals surface area contributed by atoms with Crippen molar-refractivity contribution in [3.05, 3.63) is 23.0 Å². The van der Waals surface area contributed by atoms with Crippen molar-refractivity contribution in [3.8, 4) is 5.75 Å². The summed E-state index contributed by atoms with van der Waals surface area (Å²) in [5.41, 5.74) is 5.08. The van der Waals surface area contributed by atoms with Crippen LogP contribution in [0.3, 0.4) is 0 Å². The highest BCUT2D eigenvalue weighted by Gasteiger charge is 2.19. The van der Waals surface area contributed by atoms with Crippen molar-refractivity contribution in [3.63, 3.8) is 0 Å². The number of ether oxygens (including phenoxy) is 1. The first-order valence-electron chi connectivity index (χ1n) is 5.35. The van der Waals surface area contributed by atoms with Crippen LogP contribution in [0.2, 0.25) is 0 Å². The molecule has 0 aromatic carbocycles. The van der Waals surface area contributed by atoms with Gasteiger partial charge in [0, 0.05) is 6.54 Å². The third-order valence-electron chi connectivity index (χ3n) is 2.24. The Morgan fingerprint density at radius 3 is 2.78 bits per heavy atom. The third-order valence-corrected chi connectivity index (χ3v) is 2.24. The molecule has 0 saturated heterocycles. The SMILES string of the molecule is CCOC(=O)Cc1cc(O)c(C(F)F)nc1CN. The van der Waals surface area contributed by atoms with Crippen molar-refractivity contribution in [2.75, 3.05) is 6.61 Å². The van der Waals surface area contributed by atoms with E-state index in [1.807, 2.05) is 0 Å². The Balaban J connectivity index is 3.05. The number of aromatic nitrogens is 1. The van der Waals surface area contributed by atoms with Crippen LogP contribution in [0, 0.1) is 0 Å². The van der Waals surface area contributed by atoms with Crippen molar-refractivity contribution in [2.45, 2.75) is 26.3 Å². The highest BCUT2D eigenvalue weighted by molar-refractivity contribution is 5.73. The number of nitrogens with zero attached hydrogens (tertiary/aromatic N) is 1. The van der Waals surface area contributed by atoms with Gasteiger partial charge in [0.05, 0.1) is 18.7 Å². The Hall–Kier alpha value is -1.76. The van der Waals surface area contributed by atoms with Crippen LogP contribution in [-0.4, -0.2) is 22.7 Å². The van der Waals surface area contributed by atoms with Gasteiger partial charge >= 0.3 is 5.97 Å². The van der Waals surface area contributed by atoms with Gasteiger partial charge in [-0.25, -0.2) is 13.8 Å². The lowest BCUT2D eigenvalue weighted by atomic mass is 10.1. The lowest BCUT2D eigenvalue weighted by Gasteiger charge is -2.10. The molecule has 0 spiro atoms. The minimum absolute atomic E-state index is 0.102. The number of carbonyl (C=O) groups is 1. The van der Waals surface area contributed by atoms with Gasteiger partial charge in [0.1, 0.15) is 11.4 Å². The average molecular weight is 260 g/mol. The van der Waals surface area contributed by atoms with Crippen molar-refractivity contribution < 1.29 is 23.4 Å². The molecule has 0 aliphatic rings. The maximum absolute atomic E-state index is 12.5. The third kappa shape index (κ3) is 3.36. The molecule has 100 valence electrons. The number of aromatic hydroxyl groups is 1. The van der Waals surface area contributed by atoms with E-state index < -0.39 is 23.8 Å². The quantitative estimate of drug-likeness (QED) is 0.779. The van der Waals surface area contributed by atoms with Gasteiger partial charge in [-0.1, -0.05) is 0 Å². The van der Waals surface area contributed by atoms with Crippen LogP contribution in [0.1, 0.15) is 30.3 Å². The van der Waals surface area contributed by atoms with E-state index in [0.29, 0.717) is 0 Å². The number of pyridine rings is 1. The van der Waals surface area contributed by atoms with Crippen molar-refractivity contribution >= 4 is 5.97 Å². The van der Waals surface area contributed by atoms with E-state index in [1.54, 1.807) is 6.92 Å². The number of halogens is 2. The van der Waals surface area contributed by atoms with E-state index in [0.717, 1.165) is 6.07 Å². The Morgan fingerprint density at radius 2 is 2.28 bits per heavy atom. The van der Waals surface area contributed by atoms with Gasteiger partial charge in [-0.15, -0.1) is 0 Å². The molecular formula is C11H14F2N2O3. The van der Waals surface area contributed by atoms with Gasteiger partial charge in [-0.3, -0.25) is 4.79 Å². The van der Waals surface area contributed by atoms with Crippen molar-refractivity contribution in [2.24, 2.45) is 5.73 Å². The summed E-state index contributed by atoms with van der Waals surface area (Å²) in [6.07, 6.45) is -3.06. The number of alkyl halides is 2. The predicted molar refractivity (Wildman–Crippen MR) is 59.1 cm³/mol. The molecule has 0 aliphatic heterocycles. The minimum Gasteiger partial charge on any atom is -0.506 e. The minimum atomic E-state index is -2.90. The number of hydrogen-bond donors (Lipinski definition) is 2. The summed E-state index contributed by atoms with van der Waals surface area (Å²) in [6.45, 7) is 1.76. The van der Waals surface area contributed by atoms with Gasteiger partial charge in [0.2, 0.25) is 0 Å². The highest BCUT2D eigenvalue weighted by atomic mass is 19.3. The molecule has 1 aromatic rings. The Labute approximate surface area is 103 Å². The van der Waals surface area contributed by atoms with Crippen molar-refractivity contribution in [1.82, 2.24) is 4.98 Å². The van der Waals surface area contributed by atoms with Crippen LogP contribution in [0.15, 0.2) is 6.07 Å². The molecule has 3 N–H and O–H groups in total. The summed E-state index contributed by atoms with van der Waals surface area (Å²) in [6, 6.07) is 1.08. The molecule has 18 heavy (non-hydrogen) atoms. The largest absolute Gasteiger partial charge is 0.506 e. The summed E-state index contributed by atoms with van der Waals surface area (Å²) in [4.78, 5) is 14.9. The normalized spacial score (nSPS) is 10.7. The first-order valence-corrected chi connectivity index (χ1v) is 5.35. The second-order valence-electron chi connectivity index (χ2n) is 3.49. The molecule has 0 unspecified atom stereocenters. The van der Waals surface area contributed by atoms with Gasteiger partial charge in [0.15, 0.2) is 0 Å². The van der Waals surface area contributed by atoms with Gasteiger partial charge in [-0.05, 0) is 18.6 Å². The summed E-state index contributed by atoms with van der Waals surface area (Å²) in [5, 5.41) is 9.39. The number of rotatable bonds is 5. The van der Waals surface area contributed by atoms with Crippen LogP contribution in [-0.2, 0) is 22.5 Å². The molecule has 0 saturated carbocycles. The van der Waals surface area contributed by atoms with Gasteiger partial charge < -0.3 is 15.6 Å². The zero-order valence-corrected chi connectivity index (χ0v) is 9.82. The fourth-order valence-electron chi connectivity index (χ4n) is 1.45. The number of esters is 1. The monoisotopic (exact) mass is 260 g/mol. The molecule has 1 heterocycles. The molecule has 0 radical (unpaired) electrons. The summed E-state index contributed by atoms with van der Waals surface area (Å²) < 4.78 is 29.7. The number of carbonyl (C=O) groups excluding carboxylic acids is 1. The molecule has 1 rings (SSSR count). The van der Waals surface area contributed by atoms with Gasteiger partial charge in [0.25, 0.3) is 6.43 Å². The smallest absolute Gasteiger partial charge is 0.310 e. The molecule has 0 bridgehead atoms. The second-order valence-corrected chi connectivity index (χ2v) is 3.49. The molecule has 5 nitrogen and oxygen atoms in total. The van der Waals surface area contributed by atoms with Gasteiger partial charge in [-0.2, -0.15) is 0 Å². The molecular weight excluding hydrogens is 246 g/mol. The van der Waals surface area contributed by atoms with E-state index in [-0.39, 0.29) is 30.8 Å². The lowest BCUT2D eigenvalue weighted by Crippen LogP contribution is -2.13. The molecule has 0 amide bonds. The highest BCUT2D eigenvalue weighted by Crippen LogP contribution is 2.28. The van der Waals surface area contributed by atoms with E-state index in [4.69, 9.17) is 10.5 Å². The Kier molecular flexibility index (Phi) is 4.96. The number of nitrogens with two attached hydrogens (primary N) is 1. The molecule has 0 fully saturated rings. The topological polar surface area (TPSA) is 85.4 Å². The lowest BCUT2D eigenvalue weighted by molar-refractivity contribution is -0.142. The molecule has 1 aromatic heterocycles. The molecule has 0 aliphatic carbocycles. The first-order chi connectivity index (χ1) is 8.49. The zero-order chi connectivity index (χ0) is 13.7. The summed E-state index contributed by atoms with van der Waals surface area (Å²) in [7, 11) is 0. The van der Waals surface area contributed by atoms with E-state index in [2.05, 4.69) is 4.98 Å². The summed E-state index contributed by atoms with van der Waals surface area (Å²) >= 11 is 0. The maximum atomic E-state index is 12.5. The zero-order valence-electron chi connectivity index (χ0n) is 9.82. The van der Waals surface area contributed by atoms with Crippen LogP contribution in [0.25, 0.3) is 0 Å². The van der Waals surface area contributed by atoms with E-state index >= 15 is 0 Å². The maximum Gasteiger partial charge on any atom is 0.310 e. The molecule has 0 atom stereocenters. The van der Waals surface area contributed by atoms with Crippen LogP contribution >= 0.6 is 0 Å².